The van der Waals surface area contributed by atoms with Gasteiger partial charge in [-0.1, -0.05) is 61.3 Å². The Kier molecular flexibility index (Phi) is 8.77. The fourth-order valence-corrected chi connectivity index (χ4v) is 6.57. The molecule has 2 aromatic carbocycles. The number of carbonyl (C=O) groups excluding carboxylic acids is 2. The van der Waals surface area contributed by atoms with Crippen LogP contribution in [0.25, 0.3) is 0 Å². The molecule has 6 atom stereocenters. The highest BCUT2D eigenvalue weighted by molar-refractivity contribution is 6.34. The Hall–Kier alpha value is -2.04. The summed E-state index contributed by atoms with van der Waals surface area (Å²) >= 11 is 12.4. The molecule has 0 spiro atoms. The maximum Gasteiger partial charge on any atom is 0.253 e. The van der Waals surface area contributed by atoms with Crippen molar-refractivity contribution < 1.29 is 9.59 Å². The second-order valence-electron chi connectivity index (χ2n) is 10.7. The van der Waals surface area contributed by atoms with E-state index in [0.717, 1.165) is 38.5 Å². The third-order valence-corrected chi connectivity index (χ3v) is 8.75. The lowest BCUT2D eigenvalue weighted by molar-refractivity contribution is 0.0869. The molecule has 4 nitrogen and oxygen atoms in total. The molecule has 35 heavy (non-hydrogen) atoms. The first-order valence-electron chi connectivity index (χ1n) is 12.9. The summed E-state index contributed by atoms with van der Waals surface area (Å²) in [6.45, 7) is 4.51. The van der Waals surface area contributed by atoms with Crippen LogP contribution in [0.1, 0.15) is 79.5 Å². The number of benzene rings is 2. The van der Waals surface area contributed by atoms with Gasteiger partial charge < -0.3 is 10.6 Å². The van der Waals surface area contributed by atoms with E-state index in [2.05, 4.69) is 24.5 Å². The minimum absolute atomic E-state index is 0.0723. The Labute approximate surface area is 219 Å². The molecule has 2 aromatic rings. The first-order chi connectivity index (χ1) is 16.8. The summed E-state index contributed by atoms with van der Waals surface area (Å²) < 4.78 is 0. The molecule has 0 aliphatic heterocycles. The van der Waals surface area contributed by atoms with E-state index >= 15 is 0 Å². The van der Waals surface area contributed by atoms with Gasteiger partial charge in [-0.05, 0) is 92.9 Å². The Morgan fingerprint density at radius 2 is 1.11 bits per heavy atom. The predicted molar refractivity (Wildman–Crippen MR) is 143 cm³/mol. The molecule has 0 saturated heterocycles. The van der Waals surface area contributed by atoms with Crippen LogP contribution < -0.4 is 10.6 Å². The molecule has 4 rings (SSSR count). The second kappa shape index (κ2) is 11.8. The summed E-state index contributed by atoms with van der Waals surface area (Å²) in [5.41, 5.74) is 1.10. The number of rotatable bonds is 6. The number of hydrogen-bond donors (Lipinski definition) is 2. The predicted octanol–water partition coefficient (Wildman–Crippen LogP) is 7.15. The molecule has 0 aromatic heterocycles. The molecule has 2 fully saturated rings. The van der Waals surface area contributed by atoms with Crippen LogP contribution in [0.5, 0.6) is 0 Å². The molecule has 0 bridgehead atoms. The number of halogens is 2. The lowest BCUT2D eigenvalue weighted by Crippen LogP contribution is -2.44. The molecular formula is C29H36Cl2N2O2. The van der Waals surface area contributed by atoms with E-state index in [-0.39, 0.29) is 23.9 Å². The van der Waals surface area contributed by atoms with Gasteiger partial charge in [-0.2, -0.15) is 0 Å². The van der Waals surface area contributed by atoms with Crippen molar-refractivity contribution in [3.8, 4) is 0 Å². The van der Waals surface area contributed by atoms with Crippen molar-refractivity contribution in [3.05, 3.63) is 69.7 Å². The molecule has 2 saturated carbocycles. The lowest BCUT2D eigenvalue weighted by atomic mass is 9.70. The summed E-state index contributed by atoms with van der Waals surface area (Å²) in [6, 6.07) is 14.9. The van der Waals surface area contributed by atoms with E-state index in [9.17, 15) is 9.59 Å². The molecule has 0 unspecified atom stereocenters. The number of nitrogens with one attached hydrogen (secondary N) is 2. The lowest BCUT2D eigenvalue weighted by Gasteiger charge is -2.39. The number of amides is 2. The van der Waals surface area contributed by atoms with Gasteiger partial charge in [0.2, 0.25) is 0 Å². The maximum atomic E-state index is 12.7. The minimum Gasteiger partial charge on any atom is -0.349 e. The molecule has 0 heterocycles. The zero-order valence-electron chi connectivity index (χ0n) is 20.6. The first-order valence-corrected chi connectivity index (χ1v) is 13.7. The molecule has 2 aliphatic carbocycles. The van der Waals surface area contributed by atoms with Crippen LogP contribution in [0.15, 0.2) is 48.5 Å². The zero-order valence-corrected chi connectivity index (χ0v) is 22.1. The van der Waals surface area contributed by atoms with Crippen LogP contribution in [0.3, 0.4) is 0 Å². The van der Waals surface area contributed by atoms with E-state index in [1.807, 2.05) is 24.3 Å². The molecule has 6 heteroatoms. The van der Waals surface area contributed by atoms with Crippen LogP contribution in [0, 0.1) is 23.7 Å². The zero-order chi connectivity index (χ0) is 24.9. The number of carbonyl (C=O) groups is 2. The smallest absolute Gasteiger partial charge is 0.253 e. The third kappa shape index (κ3) is 6.59. The van der Waals surface area contributed by atoms with Gasteiger partial charge in [-0.15, -0.1) is 0 Å². The molecule has 2 amide bonds. The minimum atomic E-state index is -0.0723. The van der Waals surface area contributed by atoms with Crippen molar-refractivity contribution in [1.82, 2.24) is 10.6 Å². The molecule has 2 aliphatic rings. The molecule has 188 valence electrons. The maximum absolute atomic E-state index is 12.7. The third-order valence-electron chi connectivity index (χ3n) is 8.09. The van der Waals surface area contributed by atoms with Gasteiger partial charge in [0.15, 0.2) is 0 Å². The van der Waals surface area contributed by atoms with Gasteiger partial charge in [0, 0.05) is 12.1 Å². The van der Waals surface area contributed by atoms with Crippen LogP contribution >= 0.6 is 23.2 Å². The summed E-state index contributed by atoms with van der Waals surface area (Å²) in [4.78, 5) is 25.4. The topological polar surface area (TPSA) is 58.2 Å². The van der Waals surface area contributed by atoms with Crippen molar-refractivity contribution >= 4 is 35.0 Å². The highest BCUT2D eigenvalue weighted by Crippen LogP contribution is 2.39. The van der Waals surface area contributed by atoms with Gasteiger partial charge in [0.05, 0.1) is 21.2 Å². The van der Waals surface area contributed by atoms with Gasteiger partial charge in [-0.3, -0.25) is 9.59 Å². The summed E-state index contributed by atoms with van der Waals surface area (Å²) in [5, 5.41) is 7.45. The quantitative estimate of drug-likeness (QED) is 0.429. The highest BCUT2D eigenvalue weighted by atomic mass is 35.5. The molecule has 2 N–H and O–H groups in total. The molecular weight excluding hydrogens is 479 g/mol. The number of hydrogen-bond acceptors (Lipinski definition) is 2. The summed E-state index contributed by atoms with van der Waals surface area (Å²) in [6.07, 6.45) is 7.85. The Morgan fingerprint density at radius 3 is 1.49 bits per heavy atom. The van der Waals surface area contributed by atoms with Crippen LogP contribution in [0.2, 0.25) is 10.0 Å². The van der Waals surface area contributed by atoms with Crippen molar-refractivity contribution in [1.29, 1.82) is 0 Å². The van der Waals surface area contributed by atoms with Crippen LogP contribution in [-0.4, -0.2) is 23.9 Å². The Bertz CT molecular complexity index is 961. The normalized spacial score (nSPS) is 28.8. The van der Waals surface area contributed by atoms with Gasteiger partial charge in [-0.25, -0.2) is 0 Å². The first kappa shape index (κ1) is 26.0. The fourth-order valence-electron chi connectivity index (χ4n) is 6.13. The van der Waals surface area contributed by atoms with Gasteiger partial charge >= 0.3 is 0 Å². The SMILES string of the molecule is C[C@@H]1C[C@@H](C[C@@H]2CC[C@H](NC(=O)c3ccccc3Cl)[C@H](C)C2)CC[C@@H]1NC(=O)c1ccccc1Cl. The molecule has 0 radical (unpaired) electrons. The monoisotopic (exact) mass is 514 g/mol. The van der Waals surface area contributed by atoms with Crippen LogP contribution in [-0.2, 0) is 0 Å². The Balaban J connectivity index is 1.23. The van der Waals surface area contributed by atoms with Crippen molar-refractivity contribution in [2.24, 2.45) is 23.7 Å². The standard InChI is InChI=1S/C29H36Cl2N2O2/c1-18-15-20(11-13-26(18)32-28(34)22-7-3-5-9-24(22)30)17-21-12-14-27(19(2)16-21)33-29(35)23-8-4-6-10-25(23)31/h3-10,18-21,26-27H,11-17H2,1-2H3,(H,32,34)(H,33,35)/t18-,19-,20-,21+,26+,27+/m1/s1. The van der Waals surface area contributed by atoms with Gasteiger partial charge in [0.25, 0.3) is 11.8 Å². The van der Waals surface area contributed by atoms with E-state index in [4.69, 9.17) is 23.2 Å². The van der Waals surface area contributed by atoms with Crippen molar-refractivity contribution in [3.63, 3.8) is 0 Å². The second-order valence-corrected chi connectivity index (χ2v) is 11.5. The largest absolute Gasteiger partial charge is 0.349 e. The van der Waals surface area contributed by atoms with Gasteiger partial charge in [0.1, 0.15) is 0 Å². The van der Waals surface area contributed by atoms with E-state index < -0.39 is 0 Å². The summed E-state index contributed by atoms with van der Waals surface area (Å²) in [7, 11) is 0. The highest BCUT2D eigenvalue weighted by Gasteiger charge is 2.34. The van der Waals surface area contributed by atoms with E-state index in [1.165, 1.54) is 6.42 Å². The van der Waals surface area contributed by atoms with E-state index in [1.54, 1.807) is 24.3 Å². The fraction of sp³-hybridized carbons (Fsp3) is 0.517. The van der Waals surface area contributed by atoms with Crippen molar-refractivity contribution in [2.45, 2.75) is 70.9 Å². The van der Waals surface area contributed by atoms with E-state index in [0.29, 0.717) is 44.8 Å². The summed E-state index contributed by atoms with van der Waals surface area (Å²) in [5.74, 6) is 2.15. The Morgan fingerprint density at radius 1 is 0.714 bits per heavy atom. The van der Waals surface area contributed by atoms with Crippen molar-refractivity contribution in [2.75, 3.05) is 0 Å². The van der Waals surface area contributed by atoms with Crippen LogP contribution in [0.4, 0.5) is 0 Å². The average Bonchev–Trinajstić information content (AvgIpc) is 2.83. The average molecular weight is 516 g/mol.